The van der Waals surface area contributed by atoms with E-state index in [1.54, 1.807) is 0 Å². The van der Waals surface area contributed by atoms with Crippen molar-refractivity contribution in [3.05, 3.63) is 27.7 Å². The molecule has 0 saturated carbocycles. The smallest absolute Gasteiger partial charge is 0.445 e. The lowest BCUT2D eigenvalue weighted by atomic mass is 10.2. The van der Waals surface area contributed by atoms with E-state index in [4.69, 9.17) is 21.1 Å². The predicted molar refractivity (Wildman–Crippen MR) is 75.3 cm³/mol. The number of rotatable bonds is 2. The van der Waals surface area contributed by atoms with Crippen LogP contribution in [0.15, 0.2) is 12.1 Å². The topological polar surface area (TPSA) is 73.3 Å². The van der Waals surface area contributed by atoms with E-state index in [2.05, 4.69) is 15.5 Å². The number of hydrogen-bond donors (Lipinski definition) is 1. The fraction of sp³-hybridized carbons (Fsp3) is 0.250. The highest BCUT2D eigenvalue weighted by Gasteiger charge is 2.35. The fourth-order valence-electron chi connectivity index (χ4n) is 1.80. The summed E-state index contributed by atoms with van der Waals surface area (Å²) in [7, 11) is 0. The van der Waals surface area contributed by atoms with Crippen LogP contribution in [0, 0.1) is 0 Å². The van der Waals surface area contributed by atoms with Crippen LogP contribution in [0.3, 0.4) is 0 Å². The van der Waals surface area contributed by atoms with Crippen molar-refractivity contribution in [2.24, 2.45) is 0 Å². The number of ether oxygens (including phenoxy) is 2. The molecule has 0 bridgehead atoms. The third-order valence-corrected chi connectivity index (χ3v) is 3.91. The van der Waals surface area contributed by atoms with Gasteiger partial charge in [-0.15, -0.1) is 10.2 Å². The molecule has 0 unspecified atom stereocenters. The van der Waals surface area contributed by atoms with Gasteiger partial charge in [-0.2, -0.15) is 13.2 Å². The molecular formula is C12H7ClF3N3O3S. The van der Waals surface area contributed by atoms with Gasteiger partial charge in [0.2, 0.25) is 10.1 Å². The van der Waals surface area contributed by atoms with Crippen molar-refractivity contribution >= 4 is 34.0 Å². The van der Waals surface area contributed by atoms with Crippen LogP contribution in [0.2, 0.25) is 5.02 Å². The van der Waals surface area contributed by atoms with E-state index in [0.717, 1.165) is 0 Å². The summed E-state index contributed by atoms with van der Waals surface area (Å²) >= 11 is 6.23. The number of halogens is 4. The summed E-state index contributed by atoms with van der Waals surface area (Å²) in [5.74, 6) is -0.0689. The Kier molecular flexibility index (Phi) is 4.02. The number of carbonyl (C=O) groups excluding carboxylic acids is 1. The Morgan fingerprint density at radius 1 is 1.26 bits per heavy atom. The molecule has 2 heterocycles. The van der Waals surface area contributed by atoms with Crippen molar-refractivity contribution in [2.75, 3.05) is 18.5 Å². The molecule has 1 N–H and O–H groups in total. The SMILES string of the molecule is O=C(Nc1nnc(C(F)(F)F)s1)c1cc(Cl)c2c(c1)OCCO2. The monoisotopic (exact) mass is 365 g/mol. The summed E-state index contributed by atoms with van der Waals surface area (Å²) in [5.41, 5.74) is 0.100. The van der Waals surface area contributed by atoms with Gasteiger partial charge in [-0.1, -0.05) is 22.9 Å². The maximum Gasteiger partial charge on any atom is 0.445 e. The highest BCUT2D eigenvalue weighted by molar-refractivity contribution is 7.15. The molecular weight excluding hydrogens is 359 g/mol. The van der Waals surface area contributed by atoms with Crippen LogP contribution >= 0.6 is 22.9 Å². The van der Waals surface area contributed by atoms with Crippen LogP contribution < -0.4 is 14.8 Å². The van der Waals surface area contributed by atoms with E-state index in [0.29, 0.717) is 24.7 Å². The van der Waals surface area contributed by atoms with Crippen molar-refractivity contribution in [1.29, 1.82) is 0 Å². The van der Waals surface area contributed by atoms with Crippen molar-refractivity contribution < 1.29 is 27.4 Å². The molecule has 0 spiro atoms. The predicted octanol–water partition coefficient (Wildman–Crippen LogP) is 3.23. The summed E-state index contributed by atoms with van der Waals surface area (Å²) in [6.07, 6.45) is -4.61. The van der Waals surface area contributed by atoms with Gasteiger partial charge in [-0.25, -0.2) is 0 Å². The fourth-order valence-corrected chi connectivity index (χ4v) is 2.67. The summed E-state index contributed by atoms with van der Waals surface area (Å²) in [4.78, 5) is 12.1. The largest absolute Gasteiger partial charge is 0.486 e. The zero-order chi connectivity index (χ0) is 16.6. The maximum atomic E-state index is 12.5. The molecule has 0 fully saturated rings. The van der Waals surface area contributed by atoms with E-state index in [1.807, 2.05) is 0 Å². The molecule has 0 aliphatic carbocycles. The van der Waals surface area contributed by atoms with E-state index in [1.165, 1.54) is 12.1 Å². The van der Waals surface area contributed by atoms with Gasteiger partial charge in [0.15, 0.2) is 11.5 Å². The highest BCUT2D eigenvalue weighted by Crippen LogP contribution is 2.38. The highest BCUT2D eigenvalue weighted by atomic mass is 35.5. The van der Waals surface area contributed by atoms with E-state index in [-0.39, 0.29) is 27.1 Å². The minimum Gasteiger partial charge on any atom is -0.486 e. The second-order valence-corrected chi connectivity index (χ2v) is 5.73. The zero-order valence-corrected chi connectivity index (χ0v) is 12.7. The summed E-state index contributed by atoms with van der Waals surface area (Å²) < 4.78 is 48.0. The molecule has 1 aromatic heterocycles. The number of benzene rings is 1. The number of carbonyl (C=O) groups is 1. The molecule has 122 valence electrons. The van der Waals surface area contributed by atoms with Crippen LogP contribution in [-0.2, 0) is 6.18 Å². The van der Waals surface area contributed by atoms with Crippen molar-refractivity contribution in [1.82, 2.24) is 10.2 Å². The Labute approximate surface area is 136 Å². The number of anilines is 1. The molecule has 0 radical (unpaired) electrons. The molecule has 2 aromatic rings. The lowest BCUT2D eigenvalue weighted by molar-refractivity contribution is -0.138. The molecule has 0 saturated heterocycles. The Morgan fingerprint density at radius 2 is 2.00 bits per heavy atom. The maximum absolute atomic E-state index is 12.5. The van der Waals surface area contributed by atoms with Gasteiger partial charge in [-0.3, -0.25) is 10.1 Å². The van der Waals surface area contributed by atoms with Gasteiger partial charge in [0.25, 0.3) is 5.91 Å². The molecule has 1 amide bonds. The van der Waals surface area contributed by atoms with Gasteiger partial charge >= 0.3 is 6.18 Å². The molecule has 23 heavy (non-hydrogen) atoms. The minimum absolute atomic E-state index is 0.100. The molecule has 3 rings (SSSR count). The zero-order valence-electron chi connectivity index (χ0n) is 11.1. The number of hydrogen-bond acceptors (Lipinski definition) is 6. The summed E-state index contributed by atoms with van der Waals surface area (Å²) in [6, 6.07) is 2.72. The van der Waals surface area contributed by atoms with Gasteiger partial charge in [0.1, 0.15) is 13.2 Å². The normalized spacial score (nSPS) is 13.7. The first-order valence-electron chi connectivity index (χ1n) is 6.16. The van der Waals surface area contributed by atoms with E-state index < -0.39 is 17.1 Å². The number of aromatic nitrogens is 2. The Bertz CT molecular complexity index is 766. The lowest BCUT2D eigenvalue weighted by Crippen LogP contribution is -2.17. The first-order valence-corrected chi connectivity index (χ1v) is 7.35. The lowest BCUT2D eigenvalue weighted by Gasteiger charge is -2.20. The molecule has 11 heteroatoms. The molecule has 1 aromatic carbocycles. The summed E-state index contributed by atoms with van der Waals surface area (Å²) in [6.45, 7) is 0.642. The molecule has 0 atom stereocenters. The molecule has 1 aliphatic rings. The Balaban J connectivity index is 1.81. The van der Waals surface area contributed by atoms with Crippen LogP contribution in [0.5, 0.6) is 11.5 Å². The van der Waals surface area contributed by atoms with Crippen LogP contribution in [0.4, 0.5) is 18.3 Å². The minimum atomic E-state index is -4.61. The van der Waals surface area contributed by atoms with Gasteiger partial charge < -0.3 is 9.47 Å². The summed E-state index contributed by atoms with van der Waals surface area (Å²) in [5, 5.41) is 7.25. The second kappa shape index (κ2) is 5.85. The quantitative estimate of drug-likeness (QED) is 0.884. The first-order chi connectivity index (χ1) is 10.8. The Hall–Kier alpha value is -2.07. The van der Waals surface area contributed by atoms with Crippen LogP contribution in [0.25, 0.3) is 0 Å². The average Bonchev–Trinajstić information content (AvgIpc) is 2.96. The number of nitrogens with zero attached hydrogens (tertiary/aromatic N) is 2. The standard InChI is InChI=1S/C12H7ClF3N3O3S/c13-6-3-5(4-7-8(6)22-2-1-21-7)9(20)17-11-19-18-10(23-11)12(14,15)16/h3-4H,1-2H2,(H,17,19,20). The van der Waals surface area contributed by atoms with Gasteiger partial charge in [0, 0.05) is 5.56 Å². The molecule has 1 aliphatic heterocycles. The van der Waals surface area contributed by atoms with Gasteiger partial charge in [-0.05, 0) is 12.1 Å². The number of alkyl halides is 3. The first kappa shape index (κ1) is 15.8. The van der Waals surface area contributed by atoms with Crippen LogP contribution in [-0.4, -0.2) is 29.3 Å². The number of nitrogens with one attached hydrogen (secondary N) is 1. The van der Waals surface area contributed by atoms with Gasteiger partial charge in [0.05, 0.1) is 5.02 Å². The van der Waals surface area contributed by atoms with E-state index in [9.17, 15) is 18.0 Å². The third-order valence-electron chi connectivity index (χ3n) is 2.75. The van der Waals surface area contributed by atoms with Crippen LogP contribution in [0.1, 0.15) is 15.4 Å². The average molecular weight is 366 g/mol. The second-order valence-electron chi connectivity index (χ2n) is 4.35. The molecule has 6 nitrogen and oxygen atoms in total. The Morgan fingerprint density at radius 3 is 2.70 bits per heavy atom. The van der Waals surface area contributed by atoms with E-state index >= 15 is 0 Å². The third kappa shape index (κ3) is 3.32. The number of amides is 1. The van der Waals surface area contributed by atoms with Crippen molar-refractivity contribution in [2.45, 2.75) is 6.18 Å². The van der Waals surface area contributed by atoms with Crippen molar-refractivity contribution in [3.8, 4) is 11.5 Å². The number of fused-ring (bicyclic) bond motifs is 1. The van der Waals surface area contributed by atoms with Crippen molar-refractivity contribution in [3.63, 3.8) is 0 Å².